The summed E-state index contributed by atoms with van der Waals surface area (Å²) in [6, 6.07) is 0. The van der Waals surface area contributed by atoms with E-state index in [1.807, 2.05) is 0 Å². The molecule has 0 aromatic rings. The highest BCUT2D eigenvalue weighted by Gasteiger charge is 2.72. The van der Waals surface area contributed by atoms with E-state index in [4.69, 9.17) is 0 Å². The average molecular weight is 670 g/mol. The van der Waals surface area contributed by atoms with Crippen molar-refractivity contribution in [2.75, 3.05) is 0 Å². The van der Waals surface area contributed by atoms with E-state index in [-0.39, 0.29) is 0 Å². The molecule has 35 heavy (non-hydrogen) atoms. The Kier molecular flexibility index (Phi) is 10.4. The van der Waals surface area contributed by atoms with Crippen LogP contribution in [0.4, 0.5) is 0 Å². The van der Waals surface area contributed by atoms with E-state index in [9.17, 15) is 0 Å². The minimum absolute atomic E-state index is 1.12. The molecule has 0 bridgehead atoms. The molecule has 0 aromatic heterocycles. The van der Waals surface area contributed by atoms with E-state index in [0.717, 1.165) is 0 Å². The number of hydrogen-bond acceptors (Lipinski definition) is 0. The Hall–Kier alpha value is 2.39. The summed E-state index contributed by atoms with van der Waals surface area (Å²) in [5.74, 6) is 0. The maximum absolute atomic E-state index is 3.01. The van der Waals surface area contributed by atoms with Gasteiger partial charge in [-0.15, -0.1) is 0 Å². The van der Waals surface area contributed by atoms with Crippen molar-refractivity contribution < 1.29 is 0 Å². The van der Waals surface area contributed by atoms with Gasteiger partial charge in [0.15, 0.2) is 0 Å². The molecule has 11 heteroatoms. The lowest BCUT2D eigenvalue weighted by Gasteiger charge is -2.68. The highest BCUT2D eigenvalue weighted by molar-refractivity contribution is 8.08. The monoisotopic (exact) mass is 668 g/mol. The molecule has 0 nitrogen and oxygen atoms in total. The maximum atomic E-state index is 3.01. The van der Waals surface area contributed by atoms with E-state index < -0.39 is 79.2 Å². The van der Waals surface area contributed by atoms with Crippen molar-refractivity contribution >= 4 is 79.2 Å². The lowest BCUT2D eigenvalue weighted by atomic mass is 11.8. The normalized spacial score (nSPS) is 17.1. The topological polar surface area (TPSA) is 0 Å². The zero-order chi connectivity index (χ0) is 29.5. The minimum atomic E-state index is -1.38. The molecule has 0 saturated heterocycles. The molecule has 0 spiro atoms. The SMILES string of the molecule is C[Si](C)(C)[Si](C)(C)[Si](C)(C)[Si](C)(C)[Si](C)(C)[Si](C)(C)[Si](C)(C)[Si](C)(C)[Si](C)(C)[Si](C)(C)[Si](C)(C)C. The van der Waals surface area contributed by atoms with Gasteiger partial charge in [-0.25, -0.2) is 0 Å². The van der Waals surface area contributed by atoms with Crippen LogP contribution in [0.15, 0.2) is 0 Å². The number of rotatable bonds is 10. The molecule has 212 valence electrons. The first-order valence-electron chi connectivity index (χ1n) is 14.5. The fourth-order valence-corrected chi connectivity index (χ4v) is 360. The van der Waals surface area contributed by atoms with Gasteiger partial charge in [0.05, 0.1) is 0 Å². The average Bonchev–Trinajstić information content (AvgIpc) is 2.58. The van der Waals surface area contributed by atoms with E-state index in [1.165, 1.54) is 0 Å². The molecular weight excluding hydrogens is 597 g/mol. The Morgan fingerprint density at radius 1 is 0.143 bits per heavy atom. The molecular formula is C24H72Si11. The first kappa shape index (κ1) is 37.4. The summed E-state index contributed by atoms with van der Waals surface area (Å²) in [7, 11) is -14.0. The summed E-state index contributed by atoms with van der Waals surface area (Å²) < 4.78 is 0. The van der Waals surface area contributed by atoms with Gasteiger partial charge < -0.3 is 0 Å². The zero-order valence-corrected chi connectivity index (χ0v) is 40.5. The van der Waals surface area contributed by atoms with Crippen molar-refractivity contribution in [2.24, 2.45) is 0 Å². The van der Waals surface area contributed by atoms with Crippen LogP contribution < -0.4 is 0 Å². The summed E-state index contributed by atoms with van der Waals surface area (Å²) in [5.41, 5.74) is 0. The number of hydrogen-bond donors (Lipinski definition) is 0. The highest BCUT2D eigenvalue weighted by Crippen LogP contribution is 2.48. The first-order chi connectivity index (χ1) is 14.5. The van der Waals surface area contributed by atoms with Crippen LogP contribution in [-0.4, -0.2) is 79.2 Å². The van der Waals surface area contributed by atoms with Gasteiger partial charge in [0.2, 0.25) is 0 Å². The van der Waals surface area contributed by atoms with Crippen molar-refractivity contribution in [1.82, 2.24) is 0 Å². The zero-order valence-electron chi connectivity index (χ0n) is 29.5. The Morgan fingerprint density at radius 2 is 0.229 bits per heavy atom. The van der Waals surface area contributed by atoms with Crippen LogP contribution in [0.25, 0.3) is 0 Å². The molecule has 0 unspecified atom stereocenters. The first-order valence-corrected chi connectivity index (χ1v) is 58.5. The van der Waals surface area contributed by atoms with Crippen molar-refractivity contribution in [1.29, 1.82) is 0 Å². The summed E-state index contributed by atoms with van der Waals surface area (Å²) >= 11 is 0. The smallest absolute Gasteiger partial charge is 0.0354 e. The second-order valence-corrected chi connectivity index (χ2v) is 147. The van der Waals surface area contributed by atoms with E-state index in [0.29, 0.717) is 0 Å². The third-order valence-electron chi connectivity index (χ3n) is 16.2. The predicted molar refractivity (Wildman–Crippen MR) is 204 cm³/mol. The summed E-state index contributed by atoms with van der Waals surface area (Å²) in [5, 5.41) is 0. The molecule has 0 aliphatic carbocycles. The molecule has 0 saturated carbocycles. The Morgan fingerprint density at radius 3 is 0.314 bits per heavy atom. The second-order valence-electron chi connectivity index (χ2n) is 19.1. The van der Waals surface area contributed by atoms with Gasteiger partial charge in [0, 0.05) is 79.2 Å². The third-order valence-corrected chi connectivity index (χ3v) is 268. The van der Waals surface area contributed by atoms with Gasteiger partial charge in [-0.1, -0.05) is 157 Å². The van der Waals surface area contributed by atoms with Crippen molar-refractivity contribution in [3.8, 4) is 0 Å². The standard InChI is InChI=1S/C24H72Si11/c1-25(2,3)27(7,8)29(11,12)31(15,16)33(19,20)35(23,24)34(21,22)32(17,18)30(13,14)28(9,10)26(4,5)6/h1-24H3. The fourth-order valence-electron chi connectivity index (χ4n) is 7.34. The Bertz CT molecular complexity index is 710. The van der Waals surface area contributed by atoms with Gasteiger partial charge in [-0.3, -0.25) is 0 Å². The molecule has 0 atom stereocenters. The molecule has 0 amide bonds. The van der Waals surface area contributed by atoms with Gasteiger partial charge in [0.1, 0.15) is 0 Å². The van der Waals surface area contributed by atoms with Crippen molar-refractivity contribution in [3.05, 3.63) is 0 Å². The molecule has 0 N–H and O–H groups in total. The minimum Gasteiger partial charge on any atom is -0.0735 e. The molecule has 0 rings (SSSR count). The largest absolute Gasteiger partial charge is 0.0735 e. The summed E-state index contributed by atoms with van der Waals surface area (Å²) in [6.45, 7) is 69.7. The summed E-state index contributed by atoms with van der Waals surface area (Å²) in [6.07, 6.45) is 0. The van der Waals surface area contributed by atoms with Gasteiger partial charge in [-0.2, -0.15) is 0 Å². The lowest BCUT2D eigenvalue weighted by Crippen LogP contribution is -2.95. The third kappa shape index (κ3) is 5.04. The van der Waals surface area contributed by atoms with Crippen LogP contribution in [0.1, 0.15) is 0 Å². The molecule has 0 aliphatic heterocycles. The predicted octanol–water partition coefficient (Wildman–Crippen LogP) is 9.82. The lowest BCUT2D eigenvalue weighted by molar-refractivity contribution is 1.71. The van der Waals surface area contributed by atoms with Crippen LogP contribution >= 0.6 is 0 Å². The second kappa shape index (κ2) is 9.74. The molecule has 0 radical (unpaired) electrons. The van der Waals surface area contributed by atoms with Crippen LogP contribution in [0.3, 0.4) is 0 Å². The van der Waals surface area contributed by atoms with E-state index in [2.05, 4.69) is 157 Å². The highest BCUT2D eigenvalue weighted by atomic mass is 30.1. The van der Waals surface area contributed by atoms with Gasteiger partial charge in [-0.05, 0) is 0 Å². The van der Waals surface area contributed by atoms with Crippen molar-refractivity contribution in [3.63, 3.8) is 0 Å². The van der Waals surface area contributed by atoms with Crippen LogP contribution in [-0.2, 0) is 0 Å². The molecule has 0 fully saturated rings. The fraction of sp³-hybridized carbons (Fsp3) is 1.00. The van der Waals surface area contributed by atoms with Crippen LogP contribution in [0.2, 0.25) is 157 Å². The molecule has 0 heterocycles. The molecule has 0 aromatic carbocycles. The van der Waals surface area contributed by atoms with Crippen LogP contribution in [0.5, 0.6) is 0 Å². The van der Waals surface area contributed by atoms with Gasteiger partial charge in [0.25, 0.3) is 0 Å². The Labute approximate surface area is 234 Å². The van der Waals surface area contributed by atoms with Gasteiger partial charge >= 0.3 is 0 Å². The van der Waals surface area contributed by atoms with E-state index in [1.54, 1.807) is 0 Å². The molecule has 0 aliphatic rings. The van der Waals surface area contributed by atoms with E-state index >= 15 is 0 Å². The summed E-state index contributed by atoms with van der Waals surface area (Å²) in [4.78, 5) is 0. The maximum Gasteiger partial charge on any atom is 0.0354 e. The quantitative estimate of drug-likeness (QED) is 0.203. The Balaban J connectivity index is 7.15. The van der Waals surface area contributed by atoms with Crippen LogP contribution in [0, 0.1) is 0 Å². The van der Waals surface area contributed by atoms with Crippen molar-refractivity contribution in [2.45, 2.75) is 157 Å².